The Hall–Kier alpha value is -3.20. The van der Waals surface area contributed by atoms with Crippen molar-refractivity contribution in [3.63, 3.8) is 0 Å². The molecule has 2 aromatic carbocycles. The Morgan fingerprint density at radius 1 is 1.21 bits per heavy atom. The van der Waals surface area contributed by atoms with Crippen LogP contribution < -0.4 is 10.1 Å². The van der Waals surface area contributed by atoms with E-state index < -0.39 is 6.10 Å². The number of carbonyl (C=O) groups excluding carboxylic acids is 2. The molecule has 0 saturated heterocycles. The molecule has 3 rings (SSSR count). The number of ketones is 1. The van der Waals surface area contributed by atoms with E-state index in [0.29, 0.717) is 17.0 Å². The van der Waals surface area contributed by atoms with Crippen molar-refractivity contribution in [3.05, 3.63) is 65.8 Å². The fraction of sp³-hybridized carbons (Fsp3) is 0.200. The van der Waals surface area contributed by atoms with Crippen LogP contribution in [0.2, 0.25) is 0 Å². The van der Waals surface area contributed by atoms with E-state index in [1.807, 2.05) is 0 Å². The second-order valence-corrected chi connectivity index (χ2v) is 7.02. The van der Waals surface area contributed by atoms with Crippen molar-refractivity contribution >= 4 is 29.1 Å². The van der Waals surface area contributed by atoms with Crippen molar-refractivity contribution < 1.29 is 23.1 Å². The zero-order chi connectivity index (χ0) is 20.8. The van der Waals surface area contributed by atoms with Crippen molar-refractivity contribution in [1.82, 2.24) is 10.2 Å². The number of carbonyl (C=O) groups is 2. The Labute approximate surface area is 170 Å². The summed E-state index contributed by atoms with van der Waals surface area (Å²) in [6.45, 7) is 3.19. The van der Waals surface area contributed by atoms with E-state index in [-0.39, 0.29) is 34.4 Å². The van der Waals surface area contributed by atoms with Crippen molar-refractivity contribution in [2.24, 2.45) is 0 Å². The molecule has 1 aromatic heterocycles. The SMILES string of the molecule is CC(=O)c1cccc(NC(=O)CSc2nnc([C@H](C)Oc3ccc(F)cc3)o2)c1. The van der Waals surface area contributed by atoms with Gasteiger partial charge in [0.05, 0.1) is 5.75 Å². The minimum absolute atomic E-state index is 0.0547. The van der Waals surface area contributed by atoms with E-state index in [1.165, 1.54) is 31.2 Å². The number of nitrogens with zero attached hydrogens (tertiary/aromatic N) is 2. The molecule has 1 atom stereocenters. The fourth-order valence-electron chi connectivity index (χ4n) is 2.35. The lowest BCUT2D eigenvalue weighted by Crippen LogP contribution is -2.14. The number of halogens is 1. The smallest absolute Gasteiger partial charge is 0.277 e. The lowest BCUT2D eigenvalue weighted by molar-refractivity contribution is -0.113. The van der Waals surface area contributed by atoms with Crippen LogP contribution >= 0.6 is 11.8 Å². The van der Waals surface area contributed by atoms with Crippen LogP contribution in [-0.4, -0.2) is 27.6 Å². The summed E-state index contributed by atoms with van der Waals surface area (Å²) in [6, 6.07) is 12.3. The van der Waals surface area contributed by atoms with E-state index in [2.05, 4.69) is 15.5 Å². The predicted molar refractivity (Wildman–Crippen MR) is 106 cm³/mol. The number of benzene rings is 2. The van der Waals surface area contributed by atoms with Crippen molar-refractivity contribution in [2.45, 2.75) is 25.2 Å². The van der Waals surface area contributed by atoms with Crippen LogP contribution in [0.3, 0.4) is 0 Å². The third kappa shape index (κ3) is 5.89. The van der Waals surface area contributed by atoms with Gasteiger partial charge in [0.15, 0.2) is 11.9 Å². The molecule has 0 unspecified atom stereocenters. The second-order valence-electron chi connectivity index (χ2n) is 6.09. The standard InChI is InChI=1S/C20H18FN3O4S/c1-12(25)14-4-3-5-16(10-14)22-18(26)11-29-20-24-23-19(28-20)13(2)27-17-8-6-15(21)7-9-17/h3-10,13H,11H2,1-2H3,(H,22,26)/t13-/m0/s1. The van der Waals surface area contributed by atoms with Gasteiger partial charge in [0.2, 0.25) is 5.91 Å². The summed E-state index contributed by atoms with van der Waals surface area (Å²) in [5.74, 6) is 0.0635. The number of Topliss-reactive ketones (excluding diaryl/α,β-unsaturated/α-hetero) is 1. The molecular formula is C20H18FN3O4S. The number of hydrogen-bond donors (Lipinski definition) is 1. The highest BCUT2D eigenvalue weighted by Gasteiger charge is 2.17. The maximum absolute atomic E-state index is 12.9. The Kier molecular flexibility index (Phi) is 6.61. The number of ether oxygens (including phenoxy) is 1. The Balaban J connectivity index is 1.52. The molecule has 9 heteroatoms. The second kappa shape index (κ2) is 9.33. The third-order valence-corrected chi connectivity index (χ3v) is 4.59. The van der Waals surface area contributed by atoms with Crippen molar-refractivity contribution in [2.75, 3.05) is 11.1 Å². The van der Waals surface area contributed by atoms with Gasteiger partial charge < -0.3 is 14.5 Å². The minimum Gasteiger partial charge on any atom is -0.481 e. The van der Waals surface area contributed by atoms with Crippen LogP contribution in [0.25, 0.3) is 0 Å². The van der Waals surface area contributed by atoms with Gasteiger partial charge in [-0.15, -0.1) is 10.2 Å². The first-order valence-corrected chi connectivity index (χ1v) is 9.68. The number of thioether (sulfide) groups is 1. The van der Waals surface area contributed by atoms with Gasteiger partial charge in [-0.2, -0.15) is 0 Å². The predicted octanol–water partition coefficient (Wildman–Crippen LogP) is 4.28. The van der Waals surface area contributed by atoms with Crippen LogP contribution in [-0.2, 0) is 4.79 Å². The van der Waals surface area contributed by atoms with E-state index in [0.717, 1.165) is 11.8 Å². The molecule has 1 amide bonds. The lowest BCUT2D eigenvalue weighted by atomic mass is 10.1. The normalized spacial score (nSPS) is 11.7. The van der Waals surface area contributed by atoms with Gasteiger partial charge in [-0.1, -0.05) is 23.9 Å². The first-order chi connectivity index (χ1) is 13.9. The molecule has 3 aromatic rings. The maximum Gasteiger partial charge on any atom is 0.277 e. The van der Waals surface area contributed by atoms with Crippen LogP contribution in [0, 0.1) is 5.82 Å². The number of amides is 1. The lowest BCUT2D eigenvalue weighted by Gasteiger charge is -2.10. The fourth-order valence-corrected chi connectivity index (χ4v) is 2.92. The zero-order valence-electron chi connectivity index (χ0n) is 15.7. The van der Waals surface area contributed by atoms with Crippen LogP contribution in [0.1, 0.15) is 36.2 Å². The summed E-state index contributed by atoms with van der Waals surface area (Å²) in [6.07, 6.45) is -0.537. The molecule has 1 N–H and O–H groups in total. The van der Waals surface area contributed by atoms with Gasteiger partial charge >= 0.3 is 0 Å². The largest absolute Gasteiger partial charge is 0.481 e. The Morgan fingerprint density at radius 2 is 1.97 bits per heavy atom. The highest BCUT2D eigenvalue weighted by molar-refractivity contribution is 7.99. The van der Waals surface area contributed by atoms with Crippen molar-refractivity contribution in [3.8, 4) is 5.75 Å². The highest BCUT2D eigenvalue weighted by Crippen LogP contribution is 2.24. The van der Waals surface area contributed by atoms with E-state index in [4.69, 9.17) is 9.15 Å². The number of rotatable bonds is 8. The molecular weight excluding hydrogens is 397 g/mol. The van der Waals surface area contributed by atoms with Gasteiger partial charge in [0, 0.05) is 11.3 Å². The van der Waals surface area contributed by atoms with Gasteiger partial charge in [0.1, 0.15) is 11.6 Å². The zero-order valence-corrected chi connectivity index (χ0v) is 16.5. The Morgan fingerprint density at radius 3 is 2.69 bits per heavy atom. The molecule has 0 radical (unpaired) electrons. The first-order valence-electron chi connectivity index (χ1n) is 8.70. The van der Waals surface area contributed by atoms with Crippen LogP contribution in [0.5, 0.6) is 5.75 Å². The summed E-state index contributed by atoms with van der Waals surface area (Å²) < 4.78 is 24.1. The van der Waals surface area contributed by atoms with Gasteiger partial charge in [-0.05, 0) is 50.2 Å². The molecule has 0 fully saturated rings. The molecule has 7 nitrogen and oxygen atoms in total. The first kappa shape index (κ1) is 20.5. The average Bonchev–Trinajstić information content (AvgIpc) is 3.18. The maximum atomic E-state index is 12.9. The summed E-state index contributed by atoms with van der Waals surface area (Å²) in [5, 5.41) is 10.7. The molecule has 0 aliphatic carbocycles. The summed E-state index contributed by atoms with van der Waals surface area (Å²) >= 11 is 1.08. The van der Waals surface area contributed by atoms with Gasteiger partial charge in [-0.3, -0.25) is 9.59 Å². The summed E-state index contributed by atoms with van der Waals surface area (Å²) in [7, 11) is 0. The quantitative estimate of drug-likeness (QED) is 0.433. The number of anilines is 1. The molecule has 1 heterocycles. The molecule has 0 aliphatic heterocycles. The van der Waals surface area contributed by atoms with Gasteiger partial charge in [-0.25, -0.2) is 4.39 Å². The van der Waals surface area contributed by atoms with Crippen LogP contribution in [0.15, 0.2) is 58.2 Å². The number of hydrogen-bond acceptors (Lipinski definition) is 7. The molecule has 150 valence electrons. The topological polar surface area (TPSA) is 94.3 Å². The number of nitrogens with one attached hydrogen (secondary N) is 1. The van der Waals surface area contributed by atoms with Gasteiger partial charge in [0.25, 0.3) is 11.1 Å². The van der Waals surface area contributed by atoms with Crippen molar-refractivity contribution in [1.29, 1.82) is 0 Å². The molecule has 0 spiro atoms. The molecule has 0 saturated carbocycles. The van der Waals surface area contributed by atoms with Crippen LogP contribution in [0.4, 0.5) is 10.1 Å². The number of aromatic nitrogens is 2. The summed E-state index contributed by atoms with van der Waals surface area (Å²) in [4.78, 5) is 23.5. The van der Waals surface area contributed by atoms with E-state index in [1.54, 1.807) is 31.2 Å². The molecule has 0 aliphatic rings. The minimum atomic E-state index is -0.537. The monoisotopic (exact) mass is 415 g/mol. The Bertz CT molecular complexity index is 1010. The summed E-state index contributed by atoms with van der Waals surface area (Å²) in [5.41, 5.74) is 1.06. The molecule has 29 heavy (non-hydrogen) atoms. The van der Waals surface area contributed by atoms with E-state index >= 15 is 0 Å². The average molecular weight is 415 g/mol. The van der Waals surface area contributed by atoms with E-state index in [9.17, 15) is 14.0 Å². The third-order valence-electron chi connectivity index (χ3n) is 3.78. The molecule has 0 bridgehead atoms. The highest BCUT2D eigenvalue weighted by atomic mass is 32.2.